The number of hydrogen-bond donors (Lipinski definition) is 3. The van der Waals surface area contributed by atoms with Gasteiger partial charge in [0.05, 0.1) is 31.1 Å². The molecule has 0 spiro atoms. The molecule has 1 aliphatic rings. The maximum Gasteiger partial charge on any atom is 0.447 e. The topological polar surface area (TPSA) is 96.9 Å². The van der Waals surface area contributed by atoms with Gasteiger partial charge in [-0.2, -0.15) is 13.2 Å². The molecular weight excluding hydrogens is 524 g/mol. The van der Waals surface area contributed by atoms with Crippen molar-refractivity contribution in [2.75, 3.05) is 44.4 Å². The minimum Gasteiger partial charge on any atom is -0.495 e. The number of alkyl halides is 4. The molecule has 1 fully saturated rings. The van der Waals surface area contributed by atoms with Gasteiger partial charge in [0.2, 0.25) is 5.91 Å². The molecule has 1 amide bonds. The number of ether oxygens (including phenoxy) is 1. The number of primary amides is 1. The molecule has 13 heteroatoms. The van der Waals surface area contributed by atoms with Gasteiger partial charge in [-0.05, 0) is 49.7 Å². The van der Waals surface area contributed by atoms with Gasteiger partial charge in [0.15, 0.2) is 5.65 Å². The van der Waals surface area contributed by atoms with Crippen LogP contribution in [0.25, 0.3) is 5.65 Å². The molecule has 4 rings (SSSR count). The predicted octanol–water partition coefficient (Wildman–Crippen LogP) is 3.97. The second kappa shape index (κ2) is 11.4. The fraction of sp³-hybridized carbons (Fsp3) is 0.360. The summed E-state index contributed by atoms with van der Waals surface area (Å²) in [6.07, 6.45) is 0.885. The minimum absolute atomic E-state index is 0.0559. The lowest BCUT2D eigenvalue weighted by atomic mass is 10.0. The van der Waals surface area contributed by atoms with E-state index in [2.05, 4.69) is 27.5 Å². The van der Waals surface area contributed by atoms with E-state index in [0.717, 1.165) is 0 Å². The number of nitrogens with zero attached hydrogens (tertiary/aromatic N) is 3. The third-order valence-corrected chi connectivity index (χ3v) is 6.78. The van der Waals surface area contributed by atoms with Crippen LogP contribution in [0.1, 0.15) is 22.5 Å². The largest absolute Gasteiger partial charge is 0.495 e. The van der Waals surface area contributed by atoms with E-state index in [1.807, 2.05) is 11.9 Å². The lowest BCUT2D eigenvalue weighted by Crippen LogP contribution is -2.46. The van der Waals surface area contributed by atoms with Gasteiger partial charge in [-0.3, -0.25) is 9.20 Å². The van der Waals surface area contributed by atoms with Crippen molar-refractivity contribution >= 4 is 34.7 Å². The van der Waals surface area contributed by atoms with Crippen molar-refractivity contribution in [2.24, 2.45) is 5.73 Å². The van der Waals surface area contributed by atoms with Crippen molar-refractivity contribution in [2.45, 2.75) is 29.2 Å². The molecule has 0 saturated carbocycles. The number of thioether (sulfide) groups is 1. The van der Waals surface area contributed by atoms with Gasteiger partial charge in [-0.15, -0.1) is 0 Å². The van der Waals surface area contributed by atoms with Gasteiger partial charge in [-0.1, -0.05) is 5.92 Å². The lowest BCUT2D eigenvalue weighted by Gasteiger charge is -2.33. The number of aromatic nitrogens is 2. The average molecular weight is 551 g/mol. The summed E-state index contributed by atoms with van der Waals surface area (Å²) in [7, 11) is 3.27. The fourth-order valence-electron chi connectivity index (χ4n) is 4.12. The van der Waals surface area contributed by atoms with Crippen molar-refractivity contribution < 1.29 is 27.1 Å². The number of likely N-dealkylation sites (tertiary alicyclic amines) is 1. The molecule has 4 N–H and O–H groups in total. The Balaban J connectivity index is 1.60. The summed E-state index contributed by atoms with van der Waals surface area (Å²) < 4.78 is 61.4. The van der Waals surface area contributed by atoms with Crippen LogP contribution in [-0.2, 0) is 0 Å². The number of methoxy groups -OCH3 is 1. The number of nitrogens with two attached hydrogens (primary N) is 1. The summed E-state index contributed by atoms with van der Waals surface area (Å²) in [5, 5.41) is 5.94. The Hall–Kier alpha value is -3.63. The summed E-state index contributed by atoms with van der Waals surface area (Å²) in [5.41, 5.74) is 2.11. The van der Waals surface area contributed by atoms with Gasteiger partial charge in [0.1, 0.15) is 22.6 Å². The molecule has 0 bridgehead atoms. The van der Waals surface area contributed by atoms with Crippen LogP contribution in [0.15, 0.2) is 41.6 Å². The number of fused-ring (bicyclic) bond motifs is 1. The van der Waals surface area contributed by atoms with Crippen LogP contribution in [0.5, 0.6) is 5.75 Å². The smallest absolute Gasteiger partial charge is 0.447 e. The highest BCUT2D eigenvalue weighted by Crippen LogP contribution is 2.39. The highest BCUT2D eigenvalue weighted by Gasteiger charge is 2.33. The predicted molar refractivity (Wildman–Crippen MR) is 138 cm³/mol. The SMILES string of the molecule is COc1cc(C(N)=O)ccc1NCC#Cc1nc2c(N[C@@H]3CCN(C)C[C@@H]3F)cccn2c1SC(F)(F)F. The molecule has 0 radical (unpaired) electrons. The Morgan fingerprint density at radius 1 is 1.32 bits per heavy atom. The van der Waals surface area contributed by atoms with Crippen molar-refractivity contribution in [3.8, 4) is 17.6 Å². The molecular formula is C25H26F4N6O2S. The van der Waals surface area contributed by atoms with E-state index in [-0.39, 0.29) is 46.8 Å². The van der Waals surface area contributed by atoms with Crippen LogP contribution in [0.3, 0.4) is 0 Å². The highest BCUT2D eigenvalue weighted by molar-refractivity contribution is 8.00. The summed E-state index contributed by atoms with van der Waals surface area (Å²) in [6, 6.07) is 7.34. The molecule has 2 aromatic heterocycles. The summed E-state index contributed by atoms with van der Waals surface area (Å²) >= 11 is -0.311. The van der Waals surface area contributed by atoms with Crippen LogP contribution in [0, 0.1) is 11.8 Å². The molecule has 202 valence electrons. The zero-order valence-corrected chi connectivity index (χ0v) is 21.4. The standard InChI is InChI=1S/C25H26F4N6O2S/c1-34-12-9-17(16(26)14-34)32-19-6-4-11-35-23(19)33-20(24(35)38-25(27,28)29)5-3-10-31-18-8-7-15(22(30)36)13-21(18)37-2/h4,6-8,11,13,16-17,31-32H,9-10,12,14H2,1-2H3,(H2,30,36)/t16-,17+/m0/s1. The van der Waals surface area contributed by atoms with E-state index < -0.39 is 23.6 Å². The van der Waals surface area contributed by atoms with Crippen LogP contribution < -0.4 is 21.1 Å². The van der Waals surface area contributed by atoms with Crippen LogP contribution in [0.4, 0.5) is 28.9 Å². The fourth-order valence-corrected chi connectivity index (χ4v) is 4.78. The van der Waals surface area contributed by atoms with E-state index in [1.165, 1.54) is 29.8 Å². The summed E-state index contributed by atoms with van der Waals surface area (Å²) in [4.78, 5) is 17.6. The van der Waals surface area contributed by atoms with Gasteiger partial charge < -0.3 is 26.0 Å². The number of carbonyl (C=O) groups excluding carboxylic acids is 1. The second-order valence-corrected chi connectivity index (χ2v) is 9.73. The quantitative estimate of drug-likeness (QED) is 0.233. The summed E-state index contributed by atoms with van der Waals surface area (Å²) in [5.74, 6) is 5.26. The molecule has 2 atom stereocenters. The third kappa shape index (κ3) is 6.43. The molecule has 3 heterocycles. The number of nitrogens with one attached hydrogen (secondary N) is 2. The van der Waals surface area contributed by atoms with E-state index in [1.54, 1.807) is 18.2 Å². The highest BCUT2D eigenvalue weighted by atomic mass is 32.2. The van der Waals surface area contributed by atoms with Crippen molar-refractivity contribution in [1.82, 2.24) is 14.3 Å². The minimum atomic E-state index is -4.57. The van der Waals surface area contributed by atoms with Crippen LogP contribution in [-0.4, -0.2) is 71.7 Å². The number of pyridine rings is 1. The van der Waals surface area contributed by atoms with E-state index in [4.69, 9.17) is 10.5 Å². The number of amides is 1. The Morgan fingerprint density at radius 2 is 2.11 bits per heavy atom. The van der Waals surface area contributed by atoms with Crippen LogP contribution in [0.2, 0.25) is 0 Å². The van der Waals surface area contributed by atoms with Gasteiger partial charge in [-0.25, -0.2) is 9.37 Å². The molecule has 0 aliphatic carbocycles. The van der Waals surface area contributed by atoms with Crippen molar-refractivity contribution in [3.63, 3.8) is 0 Å². The van der Waals surface area contributed by atoms with E-state index in [9.17, 15) is 22.4 Å². The Morgan fingerprint density at radius 3 is 2.79 bits per heavy atom. The number of imidazole rings is 1. The number of piperidine rings is 1. The Labute approximate surface area is 220 Å². The number of benzene rings is 1. The molecule has 0 unspecified atom stereocenters. The number of hydrogen-bond acceptors (Lipinski definition) is 7. The maximum absolute atomic E-state index is 14.6. The summed E-state index contributed by atoms with van der Waals surface area (Å²) in [6.45, 7) is 1.02. The van der Waals surface area contributed by atoms with E-state index in [0.29, 0.717) is 30.1 Å². The monoisotopic (exact) mass is 550 g/mol. The van der Waals surface area contributed by atoms with E-state index >= 15 is 0 Å². The molecule has 3 aromatic rings. The van der Waals surface area contributed by atoms with Crippen molar-refractivity contribution in [1.29, 1.82) is 0 Å². The third-order valence-electron chi connectivity index (χ3n) is 5.96. The zero-order chi connectivity index (χ0) is 27.4. The Bertz CT molecular complexity index is 1380. The number of rotatable bonds is 7. The molecule has 1 aliphatic heterocycles. The molecule has 38 heavy (non-hydrogen) atoms. The van der Waals surface area contributed by atoms with Gasteiger partial charge in [0.25, 0.3) is 0 Å². The first-order chi connectivity index (χ1) is 18.1. The van der Waals surface area contributed by atoms with Crippen LogP contribution >= 0.6 is 11.8 Å². The molecule has 1 aromatic carbocycles. The number of carbonyl (C=O) groups is 1. The molecule has 8 nitrogen and oxygen atoms in total. The first kappa shape index (κ1) is 27.4. The van der Waals surface area contributed by atoms with Gasteiger partial charge in [0, 0.05) is 36.6 Å². The zero-order valence-electron chi connectivity index (χ0n) is 20.6. The lowest BCUT2D eigenvalue weighted by molar-refractivity contribution is -0.0330. The normalized spacial score (nSPS) is 18.1. The van der Waals surface area contributed by atoms with Crippen molar-refractivity contribution in [3.05, 3.63) is 47.8 Å². The Kier molecular flexibility index (Phi) is 8.23. The van der Waals surface area contributed by atoms with Gasteiger partial charge >= 0.3 is 5.51 Å². The first-order valence-corrected chi connectivity index (χ1v) is 12.4. The number of anilines is 2. The average Bonchev–Trinajstić information content (AvgIpc) is 3.20. The molecule has 1 saturated heterocycles. The maximum atomic E-state index is 14.6. The number of halogens is 4. The second-order valence-electron chi connectivity index (χ2n) is 8.68. The first-order valence-electron chi connectivity index (χ1n) is 11.6.